The summed E-state index contributed by atoms with van der Waals surface area (Å²) >= 11 is 0. The molecule has 0 aliphatic heterocycles. The SMILES string of the molecule is Cc1ccc(C(=O)NC(c2ccccc2)C2CC2)c(C)c1. The monoisotopic (exact) mass is 279 g/mol. The first-order valence-electron chi connectivity index (χ1n) is 7.58. The van der Waals surface area contributed by atoms with Crippen molar-refractivity contribution in [2.75, 3.05) is 0 Å². The van der Waals surface area contributed by atoms with Crippen molar-refractivity contribution in [2.24, 2.45) is 5.92 Å². The van der Waals surface area contributed by atoms with E-state index in [-0.39, 0.29) is 11.9 Å². The second kappa shape index (κ2) is 5.72. The lowest BCUT2D eigenvalue weighted by molar-refractivity contribution is 0.0931. The highest BCUT2D eigenvalue weighted by Gasteiger charge is 2.33. The van der Waals surface area contributed by atoms with Crippen molar-refractivity contribution < 1.29 is 4.79 Å². The molecular weight excluding hydrogens is 258 g/mol. The zero-order valence-corrected chi connectivity index (χ0v) is 12.6. The van der Waals surface area contributed by atoms with E-state index in [1.54, 1.807) is 0 Å². The van der Waals surface area contributed by atoms with Gasteiger partial charge in [0.25, 0.3) is 5.91 Å². The maximum absolute atomic E-state index is 12.6. The molecule has 1 unspecified atom stereocenters. The highest BCUT2D eigenvalue weighted by atomic mass is 16.1. The fraction of sp³-hybridized carbons (Fsp3) is 0.316. The van der Waals surface area contributed by atoms with Crippen molar-refractivity contribution >= 4 is 5.91 Å². The Bertz CT molecular complexity index is 644. The zero-order chi connectivity index (χ0) is 14.8. The average molecular weight is 279 g/mol. The van der Waals surface area contributed by atoms with Gasteiger partial charge in [0.1, 0.15) is 0 Å². The van der Waals surface area contributed by atoms with Gasteiger partial charge < -0.3 is 5.32 Å². The summed E-state index contributed by atoms with van der Waals surface area (Å²) in [4.78, 5) is 12.6. The third kappa shape index (κ3) is 3.15. The molecule has 0 bridgehead atoms. The van der Waals surface area contributed by atoms with Crippen LogP contribution in [-0.2, 0) is 0 Å². The Kier molecular flexibility index (Phi) is 3.78. The number of benzene rings is 2. The molecule has 0 saturated heterocycles. The Morgan fingerprint density at radius 2 is 1.81 bits per heavy atom. The first-order valence-corrected chi connectivity index (χ1v) is 7.58. The van der Waals surface area contributed by atoms with Crippen molar-refractivity contribution in [3.05, 3.63) is 70.8 Å². The number of hydrogen-bond acceptors (Lipinski definition) is 1. The molecule has 108 valence electrons. The summed E-state index contributed by atoms with van der Waals surface area (Å²) in [5.41, 5.74) is 4.21. The summed E-state index contributed by atoms with van der Waals surface area (Å²) in [6.07, 6.45) is 2.40. The van der Waals surface area contributed by atoms with Crippen LogP contribution in [0.1, 0.15) is 45.9 Å². The van der Waals surface area contributed by atoms with Crippen molar-refractivity contribution in [3.8, 4) is 0 Å². The van der Waals surface area contributed by atoms with Crippen LogP contribution in [0.5, 0.6) is 0 Å². The second-order valence-electron chi connectivity index (χ2n) is 6.02. The normalized spacial score (nSPS) is 15.5. The van der Waals surface area contributed by atoms with Crippen LogP contribution < -0.4 is 5.32 Å². The molecule has 2 nitrogen and oxygen atoms in total. The van der Waals surface area contributed by atoms with Gasteiger partial charge in [-0.15, -0.1) is 0 Å². The van der Waals surface area contributed by atoms with Crippen LogP contribution in [-0.4, -0.2) is 5.91 Å². The van der Waals surface area contributed by atoms with E-state index in [0.29, 0.717) is 5.92 Å². The standard InChI is InChI=1S/C19H21NO/c1-13-8-11-17(14(2)12-13)19(21)20-18(16-9-10-16)15-6-4-3-5-7-15/h3-8,11-12,16,18H,9-10H2,1-2H3,(H,20,21). The van der Waals surface area contributed by atoms with Crippen molar-refractivity contribution in [1.29, 1.82) is 0 Å². The largest absolute Gasteiger partial charge is 0.345 e. The van der Waals surface area contributed by atoms with E-state index in [1.165, 1.54) is 24.0 Å². The molecule has 0 aromatic heterocycles. The summed E-state index contributed by atoms with van der Waals surface area (Å²) in [6.45, 7) is 4.04. The minimum absolute atomic E-state index is 0.0354. The predicted octanol–water partition coefficient (Wildman–Crippen LogP) is 4.18. The van der Waals surface area contributed by atoms with Crippen LogP contribution in [0.2, 0.25) is 0 Å². The van der Waals surface area contributed by atoms with Gasteiger partial charge in [0.05, 0.1) is 6.04 Å². The number of nitrogens with one attached hydrogen (secondary N) is 1. The fourth-order valence-corrected chi connectivity index (χ4v) is 2.85. The van der Waals surface area contributed by atoms with Gasteiger partial charge in [-0.3, -0.25) is 4.79 Å². The van der Waals surface area contributed by atoms with E-state index in [4.69, 9.17) is 0 Å². The molecule has 1 saturated carbocycles. The third-order valence-corrected chi connectivity index (χ3v) is 4.17. The summed E-state index contributed by atoms with van der Waals surface area (Å²) in [5, 5.41) is 3.23. The first kappa shape index (κ1) is 13.9. The lowest BCUT2D eigenvalue weighted by atomic mass is 10.0. The third-order valence-electron chi connectivity index (χ3n) is 4.17. The molecule has 2 aromatic rings. The van der Waals surface area contributed by atoms with Crippen LogP contribution in [0.15, 0.2) is 48.5 Å². The minimum Gasteiger partial charge on any atom is -0.345 e. The molecule has 2 heteroatoms. The van der Waals surface area contributed by atoms with Gasteiger partial charge in [0.15, 0.2) is 0 Å². The Morgan fingerprint density at radius 3 is 2.43 bits per heavy atom. The van der Waals surface area contributed by atoms with Crippen LogP contribution in [0.3, 0.4) is 0 Å². The van der Waals surface area contributed by atoms with Crippen molar-refractivity contribution in [1.82, 2.24) is 5.32 Å². The molecule has 3 rings (SSSR count). The van der Waals surface area contributed by atoms with Crippen LogP contribution >= 0.6 is 0 Å². The molecule has 1 aliphatic rings. The van der Waals surface area contributed by atoms with E-state index in [1.807, 2.05) is 44.2 Å². The Labute approximate surface area is 126 Å². The summed E-state index contributed by atoms with van der Waals surface area (Å²) in [6, 6.07) is 16.4. The predicted molar refractivity (Wildman–Crippen MR) is 85.3 cm³/mol. The molecule has 21 heavy (non-hydrogen) atoms. The summed E-state index contributed by atoms with van der Waals surface area (Å²) < 4.78 is 0. The average Bonchev–Trinajstić information content (AvgIpc) is 3.30. The highest BCUT2D eigenvalue weighted by Crippen LogP contribution is 2.41. The lowest BCUT2D eigenvalue weighted by Gasteiger charge is -2.19. The number of carbonyl (C=O) groups is 1. The quantitative estimate of drug-likeness (QED) is 0.893. The van der Waals surface area contributed by atoms with Crippen molar-refractivity contribution in [2.45, 2.75) is 32.7 Å². The van der Waals surface area contributed by atoms with Crippen LogP contribution in [0.25, 0.3) is 0 Å². The topological polar surface area (TPSA) is 29.1 Å². The molecule has 0 spiro atoms. The number of hydrogen-bond donors (Lipinski definition) is 1. The van der Waals surface area contributed by atoms with Gasteiger partial charge in [-0.05, 0) is 49.8 Å². The molecule has 1 aliphatic carbocycles. The Morgan fingerprint density at radius 1 is 1.10 bits per heavy atom. The van der Waals surface area contributed by atoms with Gasteiger partial charge in [0.2, 0.25) is 0 Å². The lowest BCUT2D eigenvalue weighted by Crippen LogP contribution is -2.30. The van der Waals surface area contributed by atoms with Crippen LogP contribution in [0.4, 0.5) is 0 Å². The highest BCUT2D eigenvalue weighted by molar-refractivity contribution is 5.96. The zero-order valence-electron chi connectivity index (χ0n) is 12.6. The number of carbonyl (C=O) groups excluding carboxylic acids is 1. The molecule has 1 atom stereocenters. The van der Waals surface area contributed by atoms with E-state index in [2.05, 4.69) is 23.5 Å². The van der Waals surface area contributed by atoms with E-state index < -0.39 is 0 Å². The minimum atomic E-state index is 0.0354. The van der Waals surface area contributed by atoms with Gasteiger partial charge in [-0.2, -0.15) is 0 Å². The molecule has 2 aromatic carbocycles. The van der Waals surface area contributed by atoms with Gasteiger partial charge in [-0.25, -0.2) is 0 Å². The Balaban J connectivity index is 1.81. The first-order chi connectivity index (χ1) is 10.1. The molecule has 0 heterocycles. The smallest absolute Gasteiger partial charge is 0.252 e. The number of amides is 1. The number of rotatable bonds is 4. The molecular formula is C19H21NO. The van der Waals surface area contributed by atoms with Crippen LogP contribution in [0, 0.1) is 19.8 Å². The molecule has 1 fully saturated rings. The summed E-state index contributed by atoms with van der Waals surface area (Å²) in [7, 11) is 0. The maximum Gasteiger partial charge on any atom is 0.252 e. The Hall–Kier alpha value is -2.09. The van der Waals surface area contributed by atoms with Gasteiger partial charge in [0, 0.05) is 5.56 Å². The molecule has 0 radical (unpaired) electrons. The van der Waals surface area contributed by atoms with Gasteiger partial charge >= 0.3 is 0 Å². The number of aryl methyl sites for hydroxylation is 2. The maximum atomic E-state index is 12.6. The second-order valence-corrected chi connectivity index (χ2v) is 6.02. The molecule has 1 amide bonds. The molecule has 1 N–H and O–H groups in total. The van der Waals surface area contributed by atoms with Gasteiger partial charge in [-0.1, -0.05) is 48.0 Å². The van der Waals surface area contributed by atoms with E-state index in [0.717, 1.165) is 11.1 Å². The summed E-state index contributed by atoms with van der Waals surface area (Å²) in [5.74, 6) is 0.621. The van der Waals surface area contributed by atoms with Crippen molar-refractivity contribution in [3.63, 3.8) is 0 Å². The fourth-order valence-electron chi connectivity index (χ4n) is 2.85. The van der Waals surface area contributed by atoms with E-state index >= 15 is 0 Å². The van der Waals surface area contributed by atoms with E-state index in [9.17, 15) is 4.79 Å².